The highest BCUT2D eigenvalue weighted by molar-refractivity contribution is 5.92. The van der Waals surface area contributed by atoms with Gasteiger partial charge in [0.25, 0.3) is 0 Å². The lowest BCUT2D eigenvalue weighted by molar-refractivity contribution is -0.124. The van der Waals surface area contributed by atoms with E-state index in [0.717, 1.165) is 44.6 Å². The van der Waals surface area contributed by atoms with Crippen molar-refractivity contribution in [2.45, 2.75) is 25.8 Å². The first kappa shape index (κ1) is 23.3. The molecule has 0 spiro atoms. The van der Waals surface area contributed by atoms with Gasteiger partial charge in [0.2, 0.25) is 5.91 Å². The monoisotopic (exact) mass is 476 g/mol. The Morgan fingerprint density at radius 3 is 2.63 bits per heavy atom. The van der Waals surface area contributed by atoms with Crippen molar-refractivity contribution >= 4 is 23.2 Å². The smallest absolute Gasteiger partial charge is 0.228 e. The molecule has 3 heterocycles. The minimum atomic E-state index is -0.361. The lowest BCUT2D eigenvalue weighted by Gasteiger charge is -2.45. The Bertz CT molecular complexity index is 1210. The second-order valence-corrected chi connectivity index (χ2v) is 9.38. The molecule has 5 rings (SSSR count). The topological polar surface area (TPSA) is 99.2 Å². The van der Waals surface area contributed by atoms with E-state index in [1.807, 2.05) is 6.92 Å². The molecule has 3 aromatic rings. The van der Waals surface area contributed by atoms with Gasteiger partial charge in [0.1, 0.15) is 23.8 Å². The van der Waals surface area contributed by atoms with Crippen LogP contribution in [0, 0.1) is 18.7 Å². The minimum Gasteiger partial charge on any atom is -0.339 e. The molecule has 0 radical (unpaired) electrons. The number of aromatic nitrogens is 4. The summed E-state index contributed by atoms with van der Waals surface area (Å²) in [7, 11) is 2.15. The molecular formula is C25H29FN8O. The van der Waals surface area contributed by atoms with Gasteiger partial charge in [0.15, 0.2) is 0 Å². The third-order valence-corrected chi connectivity index (χ3v) is 6.78. The first-order chi connectivity index (χ1) is 16.9. The van der Waals surface area contributed by atoms with Crippen LogP contribution >= 0.6 is 0 Å². The zero-order valence-electron chi connectivity index (χ0n) is 19.9. The van der Waals surface area contributed by atoms with Gasteiger partial charge in [0.05, 0.1) is 17.6 Å². The second kappa shape index (κ2) is 10.0. The first-order valence-corrected chi connectivity index (χ1v) is 11.9. The number of rotatable bonds is 6. The number of halogens is 1. The summed E-state index contributed by atoms with van der Waals surface area (Å²) in [6.07, 6.45) is 4.69. The van der Waals surface area contributed by atoms with E-state index >= 15 is 0 Å². The van der Waals surface area contributed by atoms with Crippen LogP contribution in [-0.4, -0.2) is 75.1 Å². The van der Waals surface area contributed by atoms with Gasteiger partial charge >= 0.3 is 0 Å². The summed E-state index contributed by atoms with van der Waals surface area (Å²) in [5, 5.41) is 14.1. The summed E-state index contributed by atoms with van der Waals surface area (Å²) in [5.41, 5.74) is 2.32. The van der Waals surface area contributed by atoms with E-state index in [-0.39, 0.29) is 17.6 Å². The van der Waals surface area contributed by atoms with Crippen LogP contribution in [0.15, 0.2) is 42.9 Å². The minimum absolute atomic E-state index is 0.00205. The number of carbonyl (C=O) groups excluding carboxylic acids is 1. The molecule has 10 heteroatoms. The number of anilines is 3. The van der Waals surface area contributed by atoms with Crippen molar-refractivity contribution in [3.8, 4) is 11.3 Å². The Balaban J connectivity index is 1.19. The molecule has 182 valence electrons. The Morgan fingerprint density at radius 1 is 1.06 bits per heavy atom. The molecule has 2 aliphatic rings. The Labute approximate surface area is 203 Å². The third-order valence-electron chi connectivity index (χ3n) is 6.78. The van der Waals surface area contributed by atoms with Crippen molar-refractivity contribution in [2.24, 2.45) is 5.92 Å². The summed E-state index contributed by atoms with van der Waals surface area (Å²) < 4.78 is 14.3. The maximum Gasteiger partial charge on any atom is 0.228 e. The number of aryl methyl sites for hydroxylation is 1. The van der Waals surface area contributed by atoms with E-state index in [2.05, 4.69) is 47.6 Å². The highest BCUT2D eigenvalue weighted by Crippen LogP contribution is 2.33. The highest BCUT2D eigenvalue weighted by atomic mass is 19.1. The average molecular weight is 477 g/mol. The van der Waals surface area contributed by atoms with Gasteiger partial charge in [0, 0.05) is 49.8 Å². The van der Waals surface area contributed by atoms with Crippen LogP contribution in [0.25, 0.3) is 11.3 Å². The number of nitrogens with one attached hydrogen (secondary N) is 2. The molecule has 0 unspecified atom stereocenters. The standard InChI is InChI=1S/C25H29FN8O/c1-16-3-4-21(26)20(9-16)22-12-18(14-29-32-22)30-23-13-24(28-15-27-23)31-25(35)17-10-19(11-17)34-7-5-33(2)6-8-34/h3-4,9,12-15,17,19H,5-8,10-11H2,1-2H3,(H2,27,28,30,31,32,35). The van der Waals surface area contributed by atoms with E-state index in [0.29, 0.717) is 34.6 Å². The molecule has 1 aromatic carbocycles. The summed E-state index contributed by atoms with van der Waals surface area (Å²) in [4.78, 5) is 26.0. The quantitative estimate of drug-likeness (QED) is 0.560. The number of benzene rings is 1. The van der Waals surface area contributed by atoms with Crippen molar-refractivity contribution in [2.75, 3.05) is 43.9 Å². The van der Waals surface area contributed by atoms with Gasteiger partial charge in [-0.25, -0.2) is 14.4 Å². The molecule has 0 bridgehead atoms. The van der Waals surface area contributed by atoms with Gasteiger partial charge < -0.3 is 15.5 Å². The lowest BCUT2D eigenvalue weighted by Crippen LogP contribution is -2.54. The predicted octanol–water partition coefficient (Wildman–Crippen LogP) is 3.09. The Kier molecular flexibility index (Phi) is 6.65. The lowest BCUT2D eigenvalue weighted by atomic mass is 9.78. The molecule has 1 aliphatic carbocycles. The van der Waals surface area contributed by atoms with E-state index in [4.69, 9.17) is 0 Å². The zero-order valence-corrected chi connectivity index (χ0v) is 19.9. The van der Waals surface area contributed by atoms with Crippen molar-refractivity contribution in [1.29, 1.82) is 0 Å². The number of hydrogen-bond acceptors (Lipinski definition) is 8. The van der Waals surface area contributed by atoms with E-state index in [1.165, 1.54) is 18.6 Å². The molecule has 9 nitrogen and oxygen atoms in total. The van der Waals surface area contributed by atoms with Gasteiger partial charge in [-0.1, -0.05) is 11.6 Å². The predicted molar refractivity (Wildman–Crippen MR) is 132 cm³/mol. The molecule has 1 saturated heterocycles. The van der Waals surface area contributed by atoms with E-state index < -0.39 is 0 Å². The number of nitrogens with zero attached hydrogens (tertiary/aromatic N) is 6. The SMILES string of the molecule is Cc1ccc(F)c(-c2cc(Nc3cc(NC(=O)C4CC(N5CCN(C)CC5)C4)ncn3)cnn2)c1. The van der Waals surface area contributed by atoms with Crippen LogP contribution in [0.1, 0.15) is 18.4 Å². The van der Waals surface area contributed by atoms with Crippen LogP contribution < -0.4 is 10.6 Å². The summed E-state index contributed by atoms with van der Waals surface area (Å²) in [5.74, 6) is 0.551. The molecular weight excluding hydrogens is 447 g/mol. The van der Waals surface area contributed by atoms with Gasteiger partial charge in [-0.2, -0.15) is 10.2 Å². The number of likely N-dealkylation sites (N-methyl/N-ethyl adjacent to an activating group) is 1. The van der Waals surface area contributed by atoms with E-state index in [9.17, 15) is 9.18 Å². The van der Waals surface area contributed by atoms with Crippen LogP contribution in [0.3, 0.4) is 0 Å². The molecule has 0 atom stereocenters. The Morgan fingerprint density at radius 2 is 1.83 bits per heavy atom. The van der Waals surface area contributed by atoms with Crippen molar-refractivity contribution in [3.05, 3.63) is 54.2 Å². The van der Waals surface area contributed by atoms with Crippen molar-refractivity contribution < 1.29 is 9.18 Å². The molecule has 1 saturated carbocycles. The summed E-state index contributed by atoms with van der Waals surface area (Å²) in [6, 6.07) is 8.73. The van der Waals surface area contributed by atoms with Crippen LogP contribution in [0.5, 0.6) is 0 Å². The van der Waals surface area contributed by atoms with Crippen LogP contribution in [-0.2, 0) is 4.79 Å². The van der Waals surface area contributed by atoms with Gasteiger partial charge in [-0.15, -0.1) is 0 Å². The van der Waals surface area contributed by atoms with Crippen LogP contribution in [0.2, 0.25) is 0 Å². The maximum absolute atomic E-state index is 14.3. The largest absolute Gasteiger partial charge is 0.339 e. The fraction of sp³-hybridized carbons (Fsp3) is 0.400. The number of hydrogen-bond donors (Lipinski definition) is 2. The first-order valence-electron chi connectivity index (χ1n) is 11.9. The summed E-state index contributed by atoms with van der Waals surface area (Å²) >= 11 is 0. The highest BCUT2D eigenvalue weighted by Gasteiger charge is 2.38. The van der Waals surface area contributed by atoms with Gasteiger partial charge in [-0.05, 0) is 45.0 Å². The van der Waals surface area contributed by atoms with Crippen molar-refractivity contribution in [3.63, 3.8) is 0 Å². The molecule has 1 amide bonds. The molecule has 1 aliphatic heterocycles. The van der Waals surface area contributed by atoms with E-state index in [1.54, 1.807) is 24.3 Å². The number of amides is 1. The summed E-state index contributed by atoms with van der Waals surface area (Å²) in [6.45, 7) is 6.19. The van der Waals surface area contributed by atoms with Crippen molar-refractivity contribution in [1.82, 2.24) is 30.0 Å². The second-order valence-electron chi connectivity index (χ2n) is 9.38. The zero-order chi connectivity index (χ0) is 24.4. The molecule has 2 aromatic heterocycles. The van der Waals surface area contributed by atoms with Gasteiger partial charge in [-0.3, -0.25) is 9.69 Å². The molecule has 2 N–H and O–H groups in total. The molecule has 2 fully saturated rings. The normalized spacial score (nSPS) is 20.8. The maximum atomic E-state index is 14.3. The van der Waals surface area contributed by atoms with Crippen LogP contribution in [0.4, 0.5) is 21.7 Å². The Hall–Kier alpha value is -3.50. The fourth-order valence-electron chi connectivity index (χ4n) is 4.56. The fourth-order valence-corrected chi connectivity index (χ4v) is 4.56. The molecule has 35 heavy (non-hydrogen) atoms. The number of carbonyl (C=O) groups is 1. The number of piperazine rings is 1. The average Bonchev–Trinajstić information content (AvgIpc) is 2.81. The third kappa shape index (κ3) is 5.44.